The quantitative estimate of drug-likeness (QED) is 0.617. The van der Waals surface area contributed by atoms with Crippen molar-refractivity contribution in [2.75, 3.05) is 5.32 Å². The molecule has 0 fully saturated rings. The SMILES string of the molecule is CC=CC(=CC)c1ccc(CC(=O)Nc2ccc(-c3cccnn3)cn2)cc1C#N. The average molecular weight is 395 g/mol. The number of hydrogen-bond donors (Lipinski definition) is 1. The number of nitriles is 1. The number of rotatable bonds is 6. The maximum absolute atomic E-state index is 12.4. The molecule has 0 aliphatic carbocycles. The Morgan fingerprint density at radius 1 is 1.20 bits per heavy atom. The van der Waals surface area contributed by atoms with Gasteiger partial charge >= 0.3 is 0 Å². The number of pyridine rings is 1. The first-order valence-corrected chi connectivity index (χ1v) is 9.51. The fourth-order valence-corrected chi connectivity index (χ4v) is 3.01. The molecule has 30 heavy (non-hydrogen) atoms. The minimum Gasteiger partial charge on any atom is -0.310 e. The monoisotopic (exact) mass is 395 g/mol. The van der Waals surface area contributed by atoms with E-state index in [0.717, 1.165) is 22.3 Å². The normalized spacial score (nSPS) is 11.3. The van der Waals surface area contributed by atoms with Crippen LogP contribution in [0.3, 0.4) is 0 Å². The predicted molar refractivity (Wildman–Crippen MR) is 117 cm³/mol. The zero-order chi connectivity index (χ0) is 21.3. The van der Waals surface area contributed by atoms with E-state index >= 15 is 0 Å². The Labute approximate surface area is 175 Å². The lowest BCUT2D eigenvalue weighted by atomic mass is 9.96. The Balaban J connectivity index is 1.70. The first kappa shape index (κ1) is 20.6. The molecule has 0 aliphatic rings. The molecule has 0 saturated carbocycles. The molecule has 1 aromatic carbocycles. The molecule has 0 radical (unpaired) electrons. The minimum absolute atomic E-state index is 0.150. The molecule has 6 nitrogen and oxygen atoms in total. The highest BCUT2D eigenvalue weighted by Crippen LogP contribution is 2.22. The van der Waals surface area contributed by atoms with Crippen molar-refractivity contribution in [3.8, 4) is 17.3 Å². The third kappa shape index (κ3) is 5.03. The van der Waals surface area contributed by atoms with Crippen LogP contribution in [0.25, 0.3) is 16.8 Å². The first-order valence-electron chi connectivity index (χ1n) is 9.51. The molecular weight excluding hydrogens is 374 g/mol. The van der Waals surface area contributed by atoms with Gasteiger partial charge in [0, 0.05) is 18.0 Å². The molecule has 0 saturated heterocycles. The van der Waals surface area contributed by atoms with Gasteiger partial charge in [0.25, 0.3) is 0 Å². The summed E-state index contributed by atoms with van der Waals surface area (Å²) in [4.78, 5) is 16.7. The molecular formula is C24H21N5O. The van der Waals surface area contributed by atoms with E-state index in [1.807, 2.05) is 56.3 Å². The molecule has 0 atom stereocenters. The van der Waals surface area contributed by atoms with Gasteiger partial charge in [0.15, 0.2) is 0 Å². The van der Waals surface area contributed by atoms with E-state index in [0.29, 0.717) is 17.1 Å². The molecule has 3 aromatic rings. The Hall–Kier alpha value is -4.11. The van der Waals surface area contributed by atoms with E-state index in [1.165, 1.54) is 0 Å². The highest BCUT2D eigenvalue weighted by Gasteiger charge is 2.10. The number of allylic oxidation sites excluding steroid dienone is 4. The van der Waals surface area contributed by atoms with Crippen LogP contribution in [0, 0.1) is 11.3 Å². The number of nitrogens with zero attached hydrogens (tertiary/aromatic N) is 4. The van der Waals surface area contributed by atoms with Gasteiger partial charge in [0.05, 0.1) is 23.7 Å². The lowest BCUT2D eigenvalue weighted by Crippen LogP contribution is -2.15. The minimum atomic E-state index is -0.203. The average Bonchev–Trinajstić information content (AvgIpc) is 2.78. The van der Waals surface area contributed by atoms with Gasteiger partial charge in [-0.15, -0.1) is 0 Å². The molecule has 3 rings (SSSR count). The Bertz CT molecular complexity index is 1130. The van der Waals surface area contributed by atoms with Crippen molar-refractivity contribution >= 4 is 17.3 Å². The van der Waals surface area contributed by atoms with Gasteiger partial charge in [-0.1, -0.05) is 30.4 Å². The summed E-state index contributed by atoms with van der Waals surface area (Å²) in [5, 5.41) is 20.2. The van der Waals surface area contributed by atoms with Gasteiger partial charge < -0.3 is 5.32 Å². The number of carbonyl (C=O) groups is 1. The smallest absolute Gasteiger partial charge is 0.229 e. The van der Waals surface area contributed by atoms with Gasteiger partial charge in [-0.2, -0.15) is 15.5 Å². The van der Waals surface area contributed by atoms with E-state index in [2.05, 4.69) is 26.6 Å². The second kappa shape index (κ2) is 9.89. The summed E-state index contributed by atoms with van der Waals surface area (Å²) in [5.41, 5.74) is 4.65. The summed E-state index contributed by atoms with van der Waals surface area (Å²) >= 11 is 0. The second-order valence-corrected chi connectivity index (χ2v) is 6.50. The molecule has 6 heteroatoms. The third-order valence-electron chi connectivity index (χ3n) is 4.44. The Morgan fingerprint density at radius 3 is 2.70 bits per heavy atom. The number of benzene rings is 1. The van der Waals surface area contributed by atoms with Crippen molar-refractivity contribution in [1.29, 1.82) is 5.26 Å². The van der Waals surface area contributed by atoms with Gasteiger partial charge in [-0.25, -0.2) is 4.98 Å². The van der Waals surface area contributed by atoms with Crippen molar-refractivity contribution in [1.82, 2.24) is 15.2 Å². The van der Waals surface area contributed by atoms with Crippen LogP contribution in [-0.4, -0.2) is 21.1 Å². The van der Waals surface area contributed by atoms with Crippen LogP contribution >= 0.6 is 0 Å². The first-order chi connectivity index (χ1) is 14.6. The van der Waals surface area contributed by atoms with Crippen molar-refractivity contribution in [2.45, 2.75) is 20.3 Å². The molecule has 0 spiro atoms. The molecule has 0 unspecified atom stereocenters. The second-order valence-electron chi connectivity index (χ2n) is 6.50. The molecule has 0 bridgehead atoms. The van der Waals surface area contributed by atoms with Crippen LogP contribution in [0.1, 0.15) is 30.5 Å². The lowest BCUT2D eigenvalue weighted by molar-refractivity contribution is -0.115. The summed E-state index contributed by atoms with van der Waals surface area (Å²) in [5.74, 6) is 0.250. The summed E-state index contributed by atoms with van der Waals surface area (Å²) < 4.78 is 0. The van der Waals surface area contributed by atoms with E-state index in [1.54, 1.807) is 30.6 Å². The topological polar surface area (TPSA) is 91.6 Å². The van der Waals surface area contributed by atoms with E-state index in [9.17, 15) is 10.1 Å². The van der Waals surface area contributed by atoms with Crippen molar-refractivity contribution in [3.63, 3.8) is 0 Å². The molecule has 2 aromatic heterocycles. The Kier molecular flexibility index (Phi) is 6.80. The number of amides is 1. The van der Waals surface area contributed by atoms with Crippen molar-refractivity contribution in [2.24, 2.45) is 0 Å². The Morgan fingerprint density at radius 2 is 2.07 bits per heavy atom. The van der Waals surface area contributed by atoms with Crippen LogP contribution in [-0.2, 0) is 11.2 Å². The third-order valence-corrected chi connectivity index (χ3v) is 4.44. The number of aromatic nitrogens is 3. The summed E-state index contributed by atoms with van der Waals surface area (Å²) in [7, 11) is 0. The van der Waals surface area contributed by atoms with Gasteiger partial charge in [-0.05, 0) is 60.9 Å². The number of nitrogens with one attached hydrogen (secondary N) is 1. The van der Waals surface area contributed by atoms with E-state index in [-0.39, 0.29) is 12.3 Å². The largest absolute Gasteiger partial charge is 0.310 e. The molecule has 1 amide bonds. The van der Waals surface area contributed by atoms with Crippen LogP contribution in [0.4, 0.5) is 5.82 Å². The molecule has 1 N–H and O–H groups in total. The van der Waals surface area contributed by atoms with E-state index in [4.69, 9.17) is 0 Å². The molecule has 148 valence electrons. The molecule has 2 heterocycles. The van der Waals surface area contributed by atoms with Crippen molar-refractivity contribution in [3.05, 3.63) is 89.8 Å². The zero-order valence-corrected chi connectivity index (χ0v) is 16.8. The fraction of sp³-hybridized carbons (Fsp3) is 0.125. The summed E-state index contributed by atoms with van der Waals surface area (Å²) in [6, 6.07) is 14.9. The van der Waals surface area contributed by atoms with Crippen LogP contribution < -0.4 is 5.32 Å². The maximum Gasteiger partial charge on any atom is 0.229 e. The maximum atomic E-state index is 12.4. The van der Waals surface area contributed by atoms with Crippen LogP contribution in [0.5, 0.6) is 0 Å². The van der Waals surface area contributed by atoms with Crippen LogP contribution in [0.15, 0.2) is 73.1 Å². The highest BCUT2D eigenvalue weighted by molar-refractivity contribution is 5.91. The van der Waals surface area contributed by atoms with Gasteiger partial charge in [-0.3, -0.25) is 4.79 Å². The number of carbonyl (C=O) groups excluding carboxylic acids is 1. The number of anilines is 1. The molecule has 0 aliphatic heterocycles. The predicted octanol–water partition coefficient (Wildman–Crippen LogP) is 4.57. The highest BCUT2D eigenvalue weighted by atomic mass is 16.1. The standard InChI is InChI=1S/C24H21N5O/c1-3-6-18(4-2)21-10-8-17(13-20(21)15-25)14-24(30)28-23-11-9-19(16-26-23)22-7-5-12-27-29-22/h3-13,16H,14H2,1-2H3,(H,26,28,30). The van der Waals surface area contributed by atoms with Gasteiger partial charge in [0.2, 0.25) is 5.91 Å². The van der Waals surface area contributed by atoms with Crippen LogP contribution in [0.2, 0.25) is 0 Å². The summed E-state index contributed by atoms with van der Waals surface area (Å²) in [6.45, 7) is 3.86. The zero-order valence-electron chi connectivity index (χ0n) is 16.8. The van der Waals surface area contributed by atoms with E-state index < -0.39 is 0 Å². The number of hydrogen-bond acceptors (Lipinski definition) is 5. The fourth-order valence-electron chi connectivity index (χ4n) is 3.01. The van der Waals surface area contributed by atoms with Crippen molar-refractivity contribution < 1.29 is 4.79 Å². The lowest BCUT2D eigenvalue weighted by Gasteiger charge is -2.09. The summed E-state index contributed by atoms with van der Waals surface area (Å²) in [6.07, 6.45) is 9.24. The van der Waals surface area contributed by atoms with Gasteiger partial charge in [0.1, 0.15) is 5.82 Å².